The van der Waals surface area contributed by atoms with Crippen molar-refractivity contribution in [1.29, 1.82) is 0 Å². The monoisotopic (exact) mass is 252 g/mol. The topological polar surface area (TPSA) is 46.5 Å². The van der Waals surface area contributed by atoms with Gasteiger partial charge in [0.1, 0.15) is 5.60 Å². The molecule has 0 radical (unpaired) electrons. The first-order chi connectivity index (χ1) is 8.15. The number of ether oxygens (including phenoxy) is 1. The van der Waals surface area contributed by atoms with E-state index in [1.165, 1.54) is 0 Å². The van der Waals surface area contributed by atoms with Crippen LogP contribution in [0.5, 0.6) is 0 Å². The average Bonchev–Trinajstić information content (AvgIpc) is 2.08. The molecule has 1 N–H and O–H groups in total. The Labute approximate surface area is 109 Å². The van der Waals surface area contributed by atoms with Crippen molar-refractivity contribution >= 4 is 5.97 Å². The molecule has 0 aromatic heterocycles. The molecule has 3 nitrogen and oxygen atoms in total. The van der Waals surface area contributed by atoms with Crippen molar-refractivity contribution in [2.75, 3.05) is 0 Å². The molecule has 2 aliphatic carbocycles. The molecule has 2 rings (SSSR count). The number of rotatable bonds is 3. The third kappa shape index (κ3) is 2.77. The van der Waals surface area contributed by atoms with E-state index in [1.807, 2.05) is 20.8 Å². The van der Waals surface area contributed by atoms with Gasteiger partial charge in [0.2, 0.25) is 0 Å². The molecule has 0 atom stereocenters. The lowest BCUT2D eigenvalue weighted by Gasteiger charge is -2.60. The number of hydrogen-bond donors (Lipinski definition) is 1. The van der Waals surface area contributed by atoms with Gasteiger partial charge < -0.3 is 9.84 Å². The van der Waals surface area contributed by atoms with Gasteiger partial charge in [0.25, 0.3) is 0 Å². The van der Waals surface area contributed by atoms with Crippen LogP contribution in [0.4, 0.5) is 0 Å². The standard InChI is InChI=1S/C15H24O3/c1-5-15(17)9-14(10-15)7-11(8-14)6-12(16)18-13(2,3)4/h5,11,17H,1,6-10H2,2-4H3. The molecule has 1 spiro atoms. The van der Waals surface area contributed by atoms with Crippen molar-refractivity contribution in [2.24, 2.45) is 11.3 Å². The molecule has 0 unspecified atom stereocenters. The fraction of sp³-hybridized carbons (Fsp3) is 0.800. The summed E-state index contributed by atoms with van der Waals surface area (Å²) in [5.74, 6) is 0.342. The van der Waals surface area contributed by atoms with Gasteiger partial charge in [-0.3, -0.25) is 4.79 Å². The maximum atomic E-state index is 11.7. The summed E-state index contributed by atoms with van der Waals surface area (Å²) in [7, 11) is 0. The SMILES string of the molecule is C=CC1(O)CC2(CC(CC(=O)OC(C)(C)C)C2)C1. The van der Waals surface area contributed by atoms with Gasteiger partial charge in [-0.15, -0.1) is 6.58 Å². The van der Waals surface area contributed by atoms with Crippen LogP contribution >= 0.6 is 0 Å². The Balaban J connectivity index is 1.72. The zero-order valence-electron chi connectivity index (χ0n) is 11.7. The third-order valence-corrected chi connectivity index (χ3v) is 4.06. The lowest BCUT2D eigenvalue weighted by molar-refractivity contribution is -0.171. The molecule has 0 bridgehead atoms. The quantitative estimate of drug-likeness (QED) is 0.620. The van der Waals surface area contributed by atoms with Crippen LogP contribution in [0.2, 0.25) is 0 Å². The molecule has 0 aliphatic heterocycles. The molecule has 0 aromatic carbocycles. The summed E-state index contributed by atoms with van der Waals surface area (Å²) in [4.78, 5) is 11.7. The number of esters is 1. The van der Waals surface area contributed by atoms with E-state index in [-0.39, 0.29) is 11.4 Å². The molecule has 18 heavy (non-hydrogen) atoms. The fourth-order valence-electron chi connectivity index (χ4n) is 3.61. The van der Waals surface area contributed by atoms with Gasteiger partial charge in [-0.1, -0.05) is 6.08 Å². The minimum Gasteiger partial charge on any atom is -0.460 e. The maximum absolute atomic E-state index is 11.7. The van der Waals surface area contributed by atoms with Gasteiger partial charge in [-0.25, -0.2) is 0 Å². The number of aliphatic hydroxyl groups is 1. The summed E-state index contributed by atoms with van der Waals surface area (Å²) in [6.07, 6.45) is 5.89. The van der Waals surface area contributed by atoms with E-state index in [9.17, 15) is 9.90 Å². The van der Waals surface area contributed by atoms with E-state index >= 15 is 0 Å². The zero-order chi connectivity index (χ0) is 13.6. The smallest absolute Gasteiger partial charge is 0.306 e. The highest BCUT2D eigenvalue weighted by molar-refractivity contribution is 5.70. The van der Waals surface area contributed by atoms with Gasteiger partial charge in [-0.05, 0) is 57.8 Å². The van der Waals surface area contributed by atoms with Crippen molar-refractivity contribution in [2.45, 2.75) is 64.1 Å². The minimum atomic E-state index is -0.642. The van der Waals surface area contributed by atoms with Crippen LogP contribution in [0.1, 0.15) is 52.9 Å². The van der Waals surface area contributed by atoms with Crippen LogP contribution < -0.4 is 0 Å². The third-order valence-electron chi connectivity index (χ3n) is 4.06. The molecule has 0 saturated heterocycles. The van der Waals surface area contributed by atoms with Gasteiger partial charge in [-0.2, -0.15) is 0 Å². The van der Waals surface area contributed by atoms with Gasteiger partial charge in [0, 0.05) is 6.42 Å². The molecular formula is C15H24O3. The largest absolute Gasteiger partial charge is 0.460 e. The van der Waals surface area contributed by atoms with E-state index < -0.39 is 11.2 Å². The molecule has 0 heterocycles. The van der Waals surface area contributed by atoms with E-state index in [4.69, 9.17) is 4.74 Å². The Kier molecular flexibility index (Phi) is 3.09. The van der Waals surface area contributed by atoms with Crippen LogP contribution in [-0.2, 0) is 9.53 Å². The normalized spacial score (nSPS) is 38.8. The Morgan fingerprint density at radius 3 is 2.44 bits per heavy atom. The van der Waals surface area contributed by atoms with Crippen molar-refractivity contribution in [3.63, 3.8) is 0 Å². The summed E-state index contributed by atoms with van der Waals surface area (Å²) in [6, 6.07) is 0. The van der Waals surface area contributed by atoms with Crippen molar-refractivity contribution in [1.82, 2.24) is 0 Å². The van der Waals surface area contributed by atoms with Crippen molar-refractivity contribution in [3.05, 3.63) is 12.7 Å². The van der Waals surface area contributed by atoms with Crippen molar-refractivity contribution in [3.8, 4) is 0 Å². The summed E-state index contributed by atoms with van der Waals surface area (Å²) in [5.41, 5.74) is -0.745. The number of carbonyl (C=O) groups excluding carboxylic acids is 1. The first kappa shape index (κ1) is 13.6. The second-order valence-corrected chi connectivity index (χ2v) is 7.23. The van der Waals surface area contributed by atoms with Crippen LogP contribution in [0.3, 0.4) is 0 Å². The van der Waals surface area contributed by atoms with Gasteiger partial charge in [0.05, 0.1) is 5.60 Å². The minimum absolute atomic E-state index is 0.0966. The second kappa shape index (κ2) is 4.09. The number of hydrogen-bond acceptors (Lipinski definition) is 3. The molecule has 0 amide bonds. The van der Waals surface area contributed by atoms with E-state index in [2.05, 4.69) is 6.58 Å². The summed E-state index contributed by atoms with van der Waals surface area (Å²) in [5, 5.41) is 9.93. The Bertz CT molecular complexity index is 350. The van der Waals surface area contributed by atoms with Crippen LogP contribution in [0, 0.1) is 11.3 Å². The van der Waals surface area contributed by atoms with Crippen LogP contribution in [0.25, 0.3) is 0 Å². The lowest BCUT2D eigenvalue weighted by atomic mass is 9.46. The van der Waals surface area contributed by atoms with E-state index in [1.54, 1.807) is 6.08 Å². The Morgan fingerprint density at radius 1 is 1.44 bits per heavy atom. The first-order valence-electron chi connectivity index (χ1n) is 6.73. The van der Waals surface area contributed by atoms with E-state index in [0.717, 1.165) is 25.7 Å². The van der Waals surface area contributed by atoms with Crippen LogP contribution in [-0.4, -0.2) is 22.3 Å². The molecule has 102 valence electrons. The fourth-order valence-corrected chi connectivity index (χ4v) is 3.61. The summed E-state index contributed by atoms with van der Waals surface area (Å²) >= 11 is 0. The van der Waals surface area contributed by atoms with Crippen LogP contribution in [0.15, 0.2) is 12.7 Å². The predicted molar refractivity (Wildman–Crippen MR) is 70.0 cm³/mol. The van der Waals surface area contributed by atoms with Crippen molar-refractivity contribution < 1.29 is 14.6 Å². The molecule has 2 aliphatic rings. The highest BCUT2D eigenvalue weighted by Gasteiger charge is 2.58. The highest BCUT2D eigenvalue weighted by atomic mass is 16.6. The average molecular weight is 252 g/mol. The summed E-state index contributed by atoms with van der Waals surface area (Å²) in [6.45, 7) is 9.34. The molecule has 2 fully saturated rings. The van der Waals surface area contributed by atoms with Gasteiger partial charge >= 0.3 is 5.97 Å². The second-order valence-electron chi connectivity index (χ2n) is 7.23. The van der Waals surface area contributed by atoms with Gasteiger partial charge in [0.15, 0.2) is 0 Å². The number of carbonyl (C=O) groups is 1. The van der Waals surface area contributed by atoms with E-state index in [0.29, 0.717) is 12.3 Å². The highest BCUT2D eigenvalue weighted by Crippen LogP contribution is 2.63. The molecule has 2 saturated carbocycles. The Hall–Kier alpha value is -0.830. The molecule has 0 aromatic rings. The summed E-state index contributed by atoms with van der Waals surface area (Å²) < 4.78 is 5.32. The zero-order valence-corrected chi connectivity index (χ0v) is 11.7. The molecule has 3 heteroatoms. The predicted octanol–water partition coefficient (Wildman–Crippen LogP) is 2.83. The first-order valence-corrected chi connectivity index (χ1v) is 6.73. The Morgan fingerprint density at radius 2 is 2.00 bits per heavy atom. The molecular weight excluding hydrogens is 228 g/mol. The lowest BCUT2D eigenvalue weighted by Crippen LogP contribution is -2.57. The maximum Gasteiger partial charge on any atom is 0.306 e.